The molecule has 1 aliphatic carbocycles. The quantitative estimate of drug-likeness (QED) is 0.912. The van der Waals surface area contributed by atoms with Crippen LogP contribution in [-0.2, 0) is 21.4 Å². The molecule has 1 heterocycles. The van der Waals surface area contributed by atoms with Gasteiger partial charge < -0.3 is 5.73 Å². The van der Waals surface area contributed by atoms with Gasteiger partial charge in [0.2, 0.25) is 10.0 Å². The lowest BCUT2D eigenvalue weighted by Gasteiger charge is -2.26. The van der Waals surface area contributed by atoms with Crippen LogP contribution in [0.2, 0.25) is 0 Å². The monoisotopic (exact) mass is 312 g/mol. The predicted octanol–water partition coefficient (Wildman–Crippen LogP) is 1.77. The van der Waals surface area contributed by atoms with E-state index in [0.29, 0.717) is 23.8 Å². The summed E-state index contributed by atoms with van der Waals surface area (Å²) < 4.78 is 35.2. The molecule has 0 aromatic heterocycles. The zero-order valence-corrected chi connectivity index (χ0v) is 12.7. The van der Waals surface area contributed by atoms with Gasteiger partial charge in [0.25, 0.3) is 0 Å². The van der Waals surface area contributed by atoms with E-state index in [2.05, 4.69) is 8.73 Å². The van der Waals surface area contributed by atoms with E-state index >= 15 is 0 Å². The minimum Gasteiger partial charge on any atom is -0.329 e. The molecule has 1 aliphatic heterocycles. The maximum absolute atomic E-state index is 12.8. The van der Waals surface area contributed by atoms with Crippen LogP contribution in [0.3, 0.4) is 0 Å². The van der Waals surface area contributed by atoms with Crippen molar-refractivity contribution in [3.8, 4) is 0 Å². The standard InChI is InChI=1S/C12H16N4O2S2/c1-16(10(7-13)8-5-6-8)20(17,18)11-4-2-3-9-12(11)15-19-14-9/h2-4,8,10H,5-7,13H2,1H3. The van der Waals surface area contributed by atoms with Gasteiger partial charge in [0.15, 0.2) is 0 Å². The highest BCUT2D eigenvalue weighted by Crippen LogP contribution is 2.41. The molecule has 8 heteroatoms. The summed E-state index contributed by atoms with van der Waals surface area (Å²) >= 11 is 1.02. The van der Waals surface area contributed by atoms with Crippen LogP contribution < -0.4 is 5.73 Å². The smallest absolute Gasteiger partial charge is 0.245 e. The van der Waals surface area contributed by atoms with Crippen molar-refractivity contribution in [1.29, 1.82) is 0 Å². The molecule has 1 aromatic rings. The molecule has 0 amide bonds. The number of benzene rings is 1. The summed E-state index contributed by atoms with van der Waals surface area (Å²) in [5.41, 5.74) is 6.80. The van der Waals surface area contributed by atoms with E-state index in [4.69, 9.17) is 5.73 Å². The van der Waals surface area contributed by atoms with Crippen LogP contribution in [0, 0.1) is 5.92 Å². The molecule has 2 N–H and O–H groups in total. The fourth-order valence-electron chi connectivity index (χ4n) is 2.44. The first-order chi connectivity index (χ1) is 9.55. The molecule has 108 valence electrons. The summed E-state index contributed by atoms with van der Waals surface area (Å²) in [5, 5.41) is 0. The Balaban J connectivity index is 2.00. The van der Waals surface area contributed by atoms with Crippen molar-refractivity contribution in [3.05, 3.63) is 18.2 Å². The molecule has 20 heavy (non-hydrogen) atoms. The van der Waals surface area contributed by atoms with Gasteiger partial charge in [-0.1, -0.05) is 6.07 Å². The molecule has 1 unspecified atom stereocenters. The van der Waals surface area contributed by atoms with Gasteiger partial charge in [-0.25, -0.2) is 8.42 Å². The molecule has 0 saturated heterocycles. The third-order valence-electron chi connectivity index (χ3n) is 3.78. The first kappa shape index (κ1) is 13.9. The third kappa shape index (κ3) is 2.22. The fraction of sp³-hybridized carbons (Fsp3) is 0.500. The van der Waals surface area contributed by atoms with Crippen LogP contribution in [0.1, 0.15) is 12.8 Å². The maximum Gasteiger partial charge on any atom is 0.245 e. The van der Waals surface area contributed by atoms with Gasteiger partial charge in [0, 0.05) is 19.6 Å². The average Bonchev–Trinajstić information content (AvgIpc) is 3.15. The topological polar surface area (TPSA) is 88.1 Å². The largest absolute Gasteiger partial charge is 0.329 e. The van der Waals surface area contributed by atoms with E-state index in [-0.39, 0.29) is 10.9 Å². The number of nitrogens with zero attached hydrogens (tertiary/aromatic N) is 3. The second kappa shape index (κ2) is 5.03. The minimum absolute atomic E-state index is 0.137. The SMILES string of the molecule is CN(C(CN)C1CC1)S(=O)(=O)c1cccc2c1N=S=N2. The summed E-state index contributed by atoms with van der Waals surface area (Å²) in [6, 6.07) is 4.90. The fourth-order valence-corrected chi connectivity index (χ4v) is 4.62. The number of hydrogen-bond donors (Lipinski definition) is 1. The van der Waals surface area contributed by atoms with E-state index in [1.165, 1.54) is 4.31 Å². The first-order valence-corrected chi connectivity index (χ1v) is 8.62. The molecular weight excluding hydrogens is 296 g/mol. The van der Waals surface area contributed by atoms with Crippen LogP contribution in [-0.4, -0.2) is 32.4 Å². The summed E-state index contributed by atoms with van der Waals surface area (Å²) in [5.74, 6) is 0.382. The van der Waals surface area contributed by atoms with E-state index in [1.54, 1.807) is 25.2 Å². The van der Waals surface area contributed by atoms with E-state index < -0.39 is 10.0 Å². The van der Waals surface area contributed by atoms with Crippen LogP contribution in [0.15, 0.2) is 31.8 Å². The Morgan fingerprint density at radius 1 is 1.45 bits per heavy atom. The second-order valence-corrected chi connectivity index (χ2v) is 7.54. The lowest BCUT2D eigenvalue weighted by atomic mass is 10.2. The van der Waals surface area contributed by atoms with Gasteiger partial charge in [0.1, 0.15) is 16.3 Å². The van der Waals surface area contributed by atoms with Crippen LogP contribution in [0.4, 0.5) is 11.4 Å². The van der Waals surface area contributed by atoms with Crippen molar-refractivity contribution >= 4 is 32.8 Å². The normalized spacial score (nSPS) is 18.9. The predicted molar refractivity (Wildman–Crippen MR) is 78.5 cm³/mol. The minimum atomic E-state index is -3.59. The lowest BCUT2D eigenvalue weighted by Crippen LogP contribution is -2.43. The second-order valence-electron chi connectivity index (χ2n) is 5.05. The molecule has 1 aromatic carbocycles. The van der Waals surface area contributed by atoms with Crippen molar-refractivity contribution in [3.63, 3.8) is 0 Å². The summed E-state index contributed by atoms with van der Waals surface area (Å²) in [6.45, 7) is 0.339. The third-order valence-corrected chi connectivity index (χ3v) is 6.24. The van der Waals surface area contributed by atoms with Crippen molar-refractivity contribution in [1.82, 2.24) is 4.31 Å². The van der Waals surface area contributed by atoms with Gasteiger partial charge in [-0.2, -0.15) is 13.0 Å². The van der Waals surface area contributed by atoms with E-state index in [9.17, 15) is 8.42 Å². The number of rotatable bonds is 5. The van der Waals surface area contributed by atoms with Crippen molar-refractivity contribution in [2.75, 3.05) is 13.6 Å². The van der Waals surface area contributed by atoms with Gasteiger partial charge in [-0.3, -0.25) is 0 Å². The van der Waals surface area contributed by atoms with Gasteiger partial charge >= 0.3 is 0 Å². The summed E-state index contributed by atoms with van der Waals surface area (Å²) in [4.78, 5) is 0.213. The van der Waals surface area contributed by atoms with Crippen molar-refractivity contribution < 1.29 is 8.42 Å². The highest BCUT2D eigenvalue weighted by molar-refractivity contribution is 7.89. The molecule has 0 spiro atoms. The Bertz CT molecular complexity index is 706. The lowest BCUT2D eigenvalue weighted by molar-refractivity contribution is 0.340. The Hall–Kier alpha value is -1.09. The van der Waals surface area contributed by atoms with Crippen LogP contribution in [0.5, 0.6) is 0 Å². The summed E-state index contributed by atoms with van der Waals surface area (Å²) in [6.07, 6.45) is 2.09. The van der Waals surface area contributed by atoms with Crippen molar-refractivity contribution in [2.45, 2.75) is 23.8 Å². The first-order valence-electron chi connectivity index (χ1n) is 6.45. The van der Waals surface area contributed by atoms with Crippen molar-refractivity contribution in [2.24, 2.45) is 20.4 Å². The number of likely N-dealkylation sites (N-methyl/N-ethyl adjacent to an activating group) is 1. The zero-order chi connectivity index (χ0) is 14.3. The van der Waals surface area contributed by atoms with E-state index in [0.717, 1.165) is 24.2 Å². The molecule has 3 rings (SSSR count). The number of nitrogens with two attached hydrogens (primary N) is 1. The highest BCUT2D eigenvalue weighted by atomic mass is 32.2. The molecule has 1 fully saturated rings. The number of fused-ring (bicyclic) bond motifs is 1. The molecular formula is C12H16N4O2S2. The molecule has 0 bridgehead atoms. The average molecular weight is 312 g/mol. The van der Waals surface area contributed by atoms with Crippen LogP contribution in [0.25, 0.3) is 0 Å². The zero-order valence-electron chi connectivity index (χ0n) is 11.1. The van der Waals surface area contributed by atoms with Gasteiger partial charge in [-0.05, 0) is 30.9 Å². The molecule has 1 saturated carbocycles. The summed E-state index contributed by atoms with van der Waals surface area (Å²) in [7, 11) is -1.99. The Labute approximate surface area is 121 Å². The molecule has 0 radical (unpaired) electrons. The van der Waals surface area contributed by atoms with Gasteiger partial charge in [0.05, 0.1) is 11.4 Å². The molecule has 6 nitrogen and oxygen atoms in total. The molecule has 1 atom stereocenters. The Morgan fingerprint density at radius 2 is 2.20 bits per heavy atom. The number of hydrogen-bond acceptors (Lipinski definition) is 5. The molecule has 2 aliphatic rings. The maximum atomic E-state index is 12.8. The number of sulfonamides is 1. The Morgan fingerprint density at radius 3 is 2.85 bits per heavy atom. The van der Waals surface area contributed by atoms with E-state index in [1.807, 2.05) is 0 Å². The van der Waals surface area contributed by atoms with Gasteiger partial charge in [-0.15, -0.1) is 0 Å². The Kier molecular flexibility index (Phi) is 3.49. The van der Waals surface area contributed by atoms with Crippen LogP contribution >= 0.6 is 0 Å². The highest BCUT2D eigenvalue weighted by Gasteiger charge is 2.39.